The number of hydrogen-bond donors (Lipinski definition) is 0. The molecule has 3 aromatic rings. The zero-order chi connectivity index (χ0) is 20.6. The van der Waals surface area contributed by atoms with E-state index in [0.29, 0.717) is 0 Å². The maximum absolute atomic E-state index is 14.4. The molecular weight excluding hydrogens is 408 g/mol. The van der Waals surface area contributed by atoms with Crippen molar-refractivity contribution in [2.45, 2.75) is 6.18 Å². The van der Waals surface area contributed by atoms with E-state index >= 15 is 0 Å². The number of ether oxygens (including phenoxy) is 1. The molecule has 0 atom stereocenters. The minimum Gasteiger partial charge on any atom is -0.423 e. The molecule has 3 rings (SSSR count). The third-order valence-electron chi connectivity index (χ3n) is 3.60. The van der Waals surface area contributed by atoms with Gasteiger partial charge in [-0.25, -0.2) is 23.7 Å². The van der Waals surface area contributed by atoms with Gasteiger partial charge in [-0.05, 0) is 12.1 Å². The molecule has 1 aromatic carbocycles. The molecule has 12 heteroatoms. The number of nitrogens with zero attached hydrogens (tertiary/aromatic N) is 4. The molecule has 0 saturated carbocycles. The molecule has 2 aromatic heterocycles. The monoisotopic (exact) mass is 416 g/mol. The predicted octanol–water partition coefficient (Wildman–Crippen LogP) is 2.93. The Morgan fingerprint density at radius 3 is 2.36 bits per heavy atom. The fraction of sp³-hybridized carbons (Fsp3) is 0.125. The summed E-state index contributed by atoms with van der Waals surface area (Å²) in [6.07, 6.45) is -2.23. The number of alkyl halides is 3. The standard InChI is InChI=1S/C16H9ClF4N4O3/c1-24-12(16(19,20)21)7-13(26)25(15(24)27)10-6-11(8(17)5-9(10)18)28-14-22-3-2-4-23-14/h2-7H,1H3. The lowest BCUT2D eigenvalue weighted by Crippen LogP contribution is -2.41. The van der Waals surface area contributed by atoms with Gasteiger partial charge in [-0.3, -0.25) is 9.36 Å². The first kappa shape index (κ1) is 19.5. The van der Waals surface area contributed by atoms with Crippen LogP contribution in [0.25, 0.3) is 5.69 Å². The van der Waals surface area contributed by atoms with E-state index in [1.807, 2.05) is 0 Å². The van der Waals surface area contributed by atoms with E-state index in [0.717, 1.165) is 19.2 Å². The van der Waals surface area contributed by atoms with Gasteiger partial charge in [-0.15, -0.1) is 0 Å². The van der Waals surface area contributed by atoms with Crippen molar-refractivity contribution in [2.24, 2.45) is 7.05 Å². The number of rotatable bonds is 3. The van der Waals surface area contributed by atoms with Gasteiger partial charge < -0.3 is 4.74 Å². The smallest absolute Gasteiger partial charge is 0.423 e. The van der Waals surface area contributed by atoms with Gasteiger partial charge in [-0.1, -0.05) is 11.6 Å². The zero-order valence-electron chi connectivity index (χ0n) is 13.9. The summed E-state index contributed by atoms with van der Waals surface area (Å²) in [7, 11) is 0.810. The molecular formula is C16H9ClF4N4O3. The minimum atomic E-state index is -4.94. The molecule has 0 saturated heterocycles. The number of benzene rings is 1. The molecule has 0 radical (unpaired) electrons. The summed E-state index contributed by atoms with van der Waals surface area (Å²) in [5.41, 5.74) is -4.89. The Balaban J connectivity index is 2.20. The molecule has 0 amide bonds. The van der Waals surface area contributed by atoms with Gasteiger partial charge in [0.15, 0.2) is 5.75 Å². The quantitative estimate of drug-likeness (QED) is 0.613. The molecule has 0 aliphatic rings. The summed E-state index contributed by atoms with van der Waals surface area (Å²) in [6.45, 7) is 0. The molecule has 146 valence electrons. The van der Waals surface area contributed by atoms with Gasteiger partial charge in [0, 0.05) is 31.6 Å². The lowest BCUT2D eigenvalue weighted by molar-refractivity contribution is -0.144. The van der Waals surface area contributed by atoms with Crippen LogP contribution in [0.15, 0.2) is 46.2 Å². The van der Waals surface area contributed by atoms with Crippen molar-refractivity contribution in [1.82, 2.24) is 19.1 Å². The summed E-state index contributed by atoms with van der Waals surface area (Å²) < 4.78 is 58.9. The van der Waals surface area contributed by atoms with Gasteiger partial charge in [-0.2, -0.15) is 13.2 Å². The maximum Gasteiger partial charge on any atom is 0.431 e. The number of hydrogen-bond acceptors (Lipinski definition) is 5. The van der Waals surface area contributed by atoms with E-state index in [-0.39, 0.29) is 32.0 Å². The largest absolute Gasteiger partial charge is 0.431 e. The van der Waals surface area contributed by atoms with Gasteiger partial charge in [0.1, 0.15) is 11.5 Å². The molecule has 0 N–H and O–H groups in total. The maximum atomic E-state index is 14.4. The van der Waals surface area contributed by atoms with Crippen LogP contribution >= 0.6 is 11.6 Å². The van der Waals surface area contributed by atoms with Crippen LogP contribution in [-0.4, -0.2) is 19.1 Å². The van der Waals surface area contributed by atoms with E-state index in [1.165, 1.54) is 18.5 Å². The van der Waals surface area contributed by atoms with Crippen LogP contribution in [0.5, 0.6) is 11.8 Å². The molecule has 0 fully saturated rings. The first-order valence-electron chi connectivity index (χ1n) is 7.44. The van der Waals surface area contributed by atoms with Crippen LogP contribution < -0.4 is 16.0 Å². The Hall–Kier alpha value is -3.21. The number of aromatic nitrogens is 4. The van der Waals surface area contributed by atoms with Crippen LogP contribution in [0.4, 0.5) is 17.6 Å². The van der Waals surface area contributed by atoms with E-state index in [9.17, 15) is 27.2 Å². The van der Waals surface area contributed by atoms with Crippen molar-refractivity contribution in [3.05, 3.63) is 74.0 Å². The Morgan fingerprint density at radius 2 is 1.75 bits per heavy atom. The Kier molecular flexibility index (Phi) is 4.94. The van der Waals surface area contributed by atoms with Crippen LogP contribution in [-0.2, 0) is 13.2 Å². The third kappa shape index (κ3) is 3.60. The van der Waals surface area contributed by atoms with Crippen molar-refractivity contribution in [1.29, 1.82) is 0 Å². The predicted molar refractivity (Wildman–Crippen MR) is 89.4 cm³/mol. The summed E-state index contributed by atoms with van der Waals surface area (Å²) in [5, 5.41) is -0.231. The molecule has 0 bridgehead atoms. The number of halogens is 5. The van der Waals surface area contributed by atoms with Crippen molar-refractivity contribution >= 4 is 11.6 Å². The summed E-state index contributed by atoms with van der Waals surface area (Å²) in [5.74, 6) is -1.33. The van der Waals surface area contributed by atoms with Crippen LogP contribution in [0, 0.1) is 5.82 Å². The highest BCUT2D eigenvalue weighted by Gasteiger charge is 2.35. The molecule has 7 nitrogen and oxygen atoms in total. The summed E-state index contributed by atoms with van der Waals surface area (Å²) in [6, 6.07) is 3.18. The summed E-state index contributed by atoms with van der Waals surface area (Å²) >= 11 is 5.89. The van der Waals surface area contributed by atoms with E-state index in [1.54, 1.807) is 0 Å². The highest BCUT2D eigenvalue weighted by atomic mass is 35.5. The van der Waals surface area contributed by atoms with E-state index < -0.39 is 34.6 Å². The molecule has 0 aliphatic carbocycles. The second kappa shape index (κ2) is 7.08. The second-order valence-corrected chi connectivity index (χ2v) is 5.82. The van der Waals surface area contributed by atoms with Crippen molar-refractivity contribution in [2.75, 3.05) is 0 Å². The van der Waals surface area contributed by atoms with Crippen molar-refractivity contribution in [3.63, 3.8) is 0 Å². The highest BCUT2D eigenvalue weighted by Crippen LogP contribution is 2.32. The Bertz CT molecular complexity index is 1160. The minimum absolute atomic E-state index is 0.158. The van der Waals surface area contributed by atoms with Gasteiger partial charge in [0.05, 0.1) is 10.7 Å². The molecule has 28 heavy (non-hydrogen) atoms. The fourth-order valence-electron chi connectivity index (χ4n) is 2.32. The molecule has 2 heterocycles. The van der Waals surface area contributed by atoms with Gasteiger partial charge >= 0.3 is 17.9 Å². The lowest BCUT2D eigenvalue weighted by atomic mass is 10.2. The van der Waals surface area contributed by atoms with Crippen molar-refractivity contribution < 1.29 is 22.3 Å². The van der Waals surface area contributed by atoms with Crippen molar-refractivity contribution in [3.8, 4) is 17.4 Å². The van der Waals surface area contributed by atoms with Gasteiger partial charge in [0.2, 0.25) is 0 Å². The SMILES string of the molecule is Cn1c(C(F)(F)F)cc(=O)n(-c2cc(Oc3ncccn3)c(Cl)cc2F)c1=O. The van der Waals surface area contributed by atoms with Crippen LogP contribution in [0.1, 0.15) is 5.69 Å². The average Bonchev–Trinajstić information content (AvgIpc) is 2.61. The van der Waals surface area contributed by atoms with Gasteiger partial charge in [0.25, 0.3) is 5.56 Å². The topological polar surface area (TPSA) is 79.0 Å². The zero-order valence-corrected chi connectivity index (χ0v) is 14.6. The second-order valence-electron chi connectivity index (χ2n) is 5.41. The highest BCUT2D eigenvalue weighted by molar-refractivity contribution is 6.32. The van der Waals surface area contributed by atoms with E-state index in [2.05, 4.69) is 9.97 Å². The normalized spacial score (nSPS) is 11.5. The third-order valence-corrected chi connectivity index (χ3v) is 3.89. The Labute approximate surface area is 158 Å². The molecule has 0 spiro atoms. The molecule has 0 aliphatic heterocycles. The van der Waals surface area contributed by atoms with Crippen LogP contribution in [0.3, 0.4) is 0 Å². The average molecular weight is 417 g/mol. The van der Waals surface area contributed by atoms with Crippen LogP contribution in [0.2, 0.25) is 5.02 Å². The lowest BCUT2D eigenvalue weighted by Gasteiger charge is -2.15. The Morgan fingerprint density at radius 1 is 1.11 bits per heavy atom. The first-order chi connectivity index (χ1) is 13.1. The van der Waals surface area contributed by atoms with E-state index in [4.69, 9.17) is 16.3 Å². The summed E-state index contributed by atoms with van der Waals surface area (Å²) in [4.78, 5) is 32.0. The fourth-order valence-corrected chi connectivity index (χ4v) is 2.51. The first-order valence-corrected chi connectivity index (χ1v) is 7.82. The molecule has 0 unspecified atom stereocenters.